The second-order valence-electron chi connectivity index (χ2n) is 6.49. The highest BCUT2D eigenvalue weighted by atomic mass is 35.5. The maximum Gasteiger partial charge on any atom is 0.330 e. The molecule has 0 unspecified atom stereocenters. The molecule has 1 N–H and O–H groups in total. The van der Waals surface area contributed by atoms with Gasteiger partial charge in [0.1, 0.15) is 6.04 Å². The van der Waals surface area contributed by atoms with Crippen molar-refractivity contribution in [3.05, 3.63) is 70.2 Å². The number of thioether (sulfide) groups is 1. The van der Waals surface area contributed by atoms with Gasteiger partial charge < -0.3 is 10.1 Å². The fourth-order valence-electron chi connectivity index (χ4n) is 2.91. The van der Waals surface area contributed by atoms with Crippen LogP contribution in [0.2, 0.25) is 5.02 Å². The summed E-state index contributed by atoms with van der Waals surface area (Å²) in [4.78, 5) is 50.7. The normalized spacial score (nSPS) is 13.7. The topological polar surface area (TPSA) is 92.8 Å². The van der Waals surface area contributed by atoms with Crippen LogP contribution in [0.15, 0.2) is 48.5 Å². The Balaban J connectivity index is 1.64. The van der Waals surface area contributed by atoms with Gasteiger partial charge in [0.05, 0.1) is 11.1 Å². The van der Waals surface area contributed by atoms with Gasteiger partial charge in [0.2, 0.25) is 0 Å². The first-order valence-electron chi connectivity index (χ1n) is 9.09. The molecule has 3 amide bonds. The van der Waals surface area contributed by atoms with Gasteiger partial charge >= 0.3 is 5.97 Å². The molecule has 0 saturated carbocycles. The van der Waals surface area contributed by atoms with Gasteiger partial charge in [-0.3, -0.25) is 14.4 Å². The van der Waals surface area contributed by atoms with E-state index in [1.165, 1.54) is 11.8 Å². The van der Waals surface area contributed by atoms with E-state index >= 15 is 0 Å². The minimum atomic E-state index is -0.921. The van der Waals surface area contributed by atoms with Crippen LogP contribution in [0.4, 0.5) is 0 Å². The summed E-state index contributed by atoms with van der Waals surface area (Å²) in [6, 6.07) is 11.7. The molecule has 0 aromatic heterocycles. The molecule has 0 bridgehead atoms. The van der Waals surface area contributed by atoms with E-state index in [1.54, 1.807) is 48.5 Å². The van der Waals surface area contributed by atoms with E-state index in [1.807, 2.05) is 6.26 Å². The zero-order valence-electron chi connectivity index (χ0n) is 16.1. The molecule has 2 aromatic rings. The van der Waals surface area contributed by atoms with Gasteiger partial charge in [-0.2, -0.15) is 11.8 Å². The fraction of sp³-hybridized carbons (Fsp3) is 0.238. The molecule has 2 aromatic carbocycles. The van der Waals surface area contributed by atoms with E-state index in [0.29, 0.717) is 22.8 Å². The maximum absolute atomic E-state index is 12.6. The molecule has 3 rings (SSSR count). The Bertz CT molecular complexity index is 945. The quantitative estimate of drug-likeness (QED) is 0.495. The van der Waals surface area contributed by atoms with Crippen LogP contribution in [0.5, 0.6) is 0 Å². The summed E-state index contributed by atoms with van der Waals surface area (Å²) < 4.78 is 5.21. The second-order valence-corrected chi connectivity index (χ2v) is 7.91. The van der Waals surface area contributed by atoms with Crippen LogP contribution in [0.25, 0.3) is 0 Å². The lowest BCUT2D eigenvalue weighted by Crippen LogP contribution is -2.44. The highest BCUT2D eigenvalue weighted by Crippen LogP contribution is 2.22. The van der Waals surface area contributed by atoms with Crippen molar-refractivity contribution in [2.45, 2.75) is 12.5 Å². The molecule has 0 saturated heterocycles. The molecule has 1 aliphatic rings. The van der Waals surface area contributed by atoms with Crippen molar-refractivity contribution in [1.82, 2.24) is 10.2 Å². The molecule has 1 aliphatic heterocycles. The van der Waals surface area contributed by atoms with Crippen LogP contribution in [0, 0.1) is 0 Å². The summed E-state index contributed by atoms with van der Waals surface area (Å²) in [5.74, 6) is -1.60. The van der Waals surface area contributed by atoms with Gasteiger partial charge in [-0.25, -0.2) is 9.69 Å². The molecule has 1 atom stereocenters. The number of benzene rings is 2. The van der Waals surface area contributed by atoms with E-state index in [0.717, 1.165) is 4.90 Å². The van der Waals surface area contributed by atoms with E-state index in [2.05, 4.69) is 5.32 Å². The van der Waals surface area contributed by atoms with Gasteiger partial charge in [0.15, 0.2) is 6.73 Å². The first-order valence-corrected chi connectivity index (χ1v) is 10.9. The number of ether oxygens (including phenoxy) is 1. The van der Waals surface area contributed by atoms with Crippen molar-refractivity contribution in [3.8, 4) is 0 Å². The van der Waals surface area contributed by atoms with Crippen LogP contribution < -0.4 is 5.32 Å². The molecule has 0 aliphatic carbocycles. The molecule has 156 valence electrons. The molecule has 0 spiro atoms. The van der Waals surface area contributed by atoms with E-state index in [9.17, 15) is 19.2 Å². The van der Waals surface area contributed by atoms with Crippen LogP contribution in [-0.4, -0.2) is 53.4 Å². The number of rotatable bonds is 8. The molecule has 0 fully saturated rings. The maximum atomic E-state index is 12.6. The minimum Gasteiger partial charge on any atom is -0.442 e. The predicted octanol–water partition coefficient (Wildman–Crippen LogP) is 2.99. The second kappa shape index (κ2) is 9.77. The highest BCUT2D eigenvalue weighted by molar-refractivity contribution is 7.98. The number of fused-ring (bicyclic) bond motifs is 1. The Morgan fingerprint density at radius 2 is 1.67 bits per heavy atom. The van der Waals surface area contributed by atoms with Gasteiger partial charge in [-0.1, -0.05) is 23.7 Å². The molecule has 9 heteroatoms. The Morgan fingerprint density at radius 1 is 1.07 bits per heavy atom. The number of carbonyl (C=O) groups is 4. The van der Waals surface area contributed by atoms with Crippen LogP contribution >= 0.6 is 23.4 Å². The van der Waals surface area contributed by atoms with Crippen molar-refractivity contribution in [3.63, 3.8) is 0 Å². The van der Waals surface area contributed by atoms with Crippen LogP contribution in [0.3, 0.4) is 0 Å². The third kappa shape index (κ3) is 4.83. The molecule has 30 heavy (non-hydrogen) atoms. The zero-order chi connectivity index (χ0) is 21.7. The van der Waals surface area contributed by atoms with E-state index in [4.69, 9.17) is 16.3 Å². The highest BCUT2D eigenvalue weighted by Gasteiger charge is 2.36. The first-order chi connectivity index (χ1) is 14.4. The van der Waals surface area contributed by atoms with Gasteiger partial charge in [0, 0.05) is 10.6 Å². The number of nitrogens with one attached hydrogen (secondary N) is 1. The lowest BCUT2D eigenvalue weighted by Gasteiger charge is -2.20. The summed E-state index contributed by atoms with van der Waals surface area (Å²) >= 11 is 7.35. The smallest absolute Gasteiger partial charge is 0.330 e. The van der Waals surface area contributed by atoms with E-state index < -0.39 is 36.5 Å². The predicted molar refractivity (Wildman–Crippen MR) is 114 cm³/mol. The number of halogens is 1. The van der Waals surface area contributed by atoms with E-state index in [-0.39, 0.29) is 11.1 Å². The molecular formula is C21H19ClN2O5S. The van der Waals surface area contributed by atoms with Gasteiger partial charge in [-0.15, -0.1) is 0 Å². The van der Waals surface area contributed by atoms with Gasteiger partial charge in [0.25, 0.3) is 17.7 Å². The monoisotopic (exact) mass is 446 g/mol. The van der Waals surface area contributed by atoms with Gasteiger partial charge in [-0.05, 0) is 54.8 Å². The average Bonchev–Trinajstić information content (AvgIpc) is 3.00. The van der Waals surface area contributed by atoms with Crippen LogP contribution in [0.1, 0.15) is 37.5 Å². The molecular weight excluding hydrogens is 428 g/mol. The summed E-state index contributed by atoms with van der Waals surface area (Å²) in [7, 11) is 0. The summed E-state index contributed by atoms with van der Waals surface area (Å²) in [5, 5.41) is 3.14. The Hall–Kier alpha value is -2.84. The first kappa shape index (κ1) is 21.9. The average molecular weight is 447 g/mol. The number of carbonyl (C=O) groups excluding carboxylic acids is 4. The number of imide groups is 1. The Labute approximate surface area is 182 Å². The number of hydrogen-bond donors (Lipinski definition) is 1. The zero-order valence-corrected chi connectivity index (χ0v) is 17.7. The largest absolute Gasteiger partial charge is 0.442 e. The fourth-order valence-corrected chi connectivity index (χ4v) is 3.51. The number of hydrogen-bond acceptors (Lipinski definition) is 6. The SMILES string of the molecule is CSCC[C@H](NC(=O)c1ccc(Cl)cc1)C(=O)OCN1C(=O)c2ccccc2C1=O. The lowest BCUT2D eigenvalue weighted by molar-refractivity contribution is -0.148. The lowest BCUT2D eigenvalue weighted by atomic mass is 10.1. The van der Waals surface area contributed by atoms with Crippen molar-refractivity contribution in [2.24, 2.45) is 0 Å². The summed E-state index contributed by atoms with van der Waals surface area (Å²) in [6.45, 7) is -0.516. The Morgan fingerprint density at radius 3 is 2.23 bits per heavy atom. The number of nitrogens with zero attached hydrogens (tertiary/aromatic N) is 1. The van der Waals surface area contributed by atoms with Crippen molar-refractivity contribution in [1.29, 1.82) is 0 Å². The summed E-state index contributed by atoms with van der Waals surface area (Å²) in [5.41, 5.74) is 0.892. The Kier molecular flexibility index (Phi) is 7.12. The third-order valence-electron chi connectivity index (χ3n) is 4.52. The third-order valence-corrected chi connectivity index (χ3v) is 5.42. The minimum absolute atomic E-state index is 0.272. The molecule has 0 radical (unpaired) electrons. The van der Waals surface area contributed by atoms with Crippen molar-refractivity contribution in [2.75, 3.05) is 18.7 Å². The number of esters is 1. The van der Waals surface area contributed by atoms with Crippen molar-refractivity contribution >= 4 is 47.1 Å². The van der Waals surface area contributed by atoms with Crippen molar-refractivity contribution < 1.29 is 23.9 Å². The number of amides is 3. The molecule has 1 heterocycles. The van der Waals surface area contributed by atoms with Crippen LogP contribution in [-0.2, 0) is 9.53 Å². The molecule has 7 nitrogen and oxygen atoms in total. The standard InChI is InChI=1S/C21H19ClN2O5S/c1-30-11-10-17(23-18(25)13-6-8-14(22)9-7-13)21(28)29-12-24-19(26)15-4-2-3-5-16(15)20(24)27/h2-9,17H,10-12H2,1H3,(H,23,25)/t17-/m0/s1. The summed E-state index contributed by atoms with van der Waals surface area (Å²) in [6.07, 6.45) is 2.21.